The van der Waals surface area contributed by atoms with Crippen LogP contribution in [0.1, 0.15) is 5.56 Å². The smallest absolute Gasteiger partial charge is 0.416 e. The van der Waals surface area contributed by atoms with Crippen LogP contribution in [0.2, 0.25) is 5.02 Å². The van der Waals surface area contributed by atoms with Gasteiger partial charge >= 0.3 is 6.18 Å². The zero-order valence-electron chi connectivity index (χ0n) is 9.04. The topological polar surface area (TPSA) is 9.23 Å². The minimum absolute atomic E-state index is 0.0160. The summed E-state index contributed by atoms with van der Waals surface area (Å²) in [7, 11) is 0. The lowest BCUT2D eigenvalue weighted by atomic mass is 10.2. The Hall–Kier alpha value is -1.68. The molecule has 0 spiro atoms. The number of ether oxygens (including phenoxy) is 1. The molecule has 0 bridgehead atoms. The van der Waals surface area contributed by atoms with E-state index in [-0.39, 0.29) is 10.8 Å². The number of hydrogen-bond acceptors (Lipinski definition) is 1. The zero-order valence-corrected chi connectivity index (χ0v) is 9.79. The molecule has 0 radical (unpaired) electrons. The fraction of sp³-hybridized carbons (Fsp3) is 0.0769. The molecule has 0 aliphatic rings. The van der Waals surface area contributed by atoms with Gasteiger partial charge in [-0.1, -0.05) is 29.8 Å². The summed E-state index contributed by atoms with van der Waals surface area (Å²) >= 11 is 5.80. The standard InChI is InChI=1S/C13H8ClF3O/c14-11-7-6-9(13(15,16)17)8-12(11)18-10-4-2-1-3-5-10/h1-8H. The van der Waals surface area contributed by atoms with E-state index in [2.05, 4.69) is 0 Å². The Balaban J connectivity index is 2.33. The van der Waals surface area contributed by atoms with E-state index >= 15 is 0 Å². The van der Waals surface area contributed by atoms with Crippen LogP contribution in [0.3, 0.4) is 0 Å². The van der Waals surface area contributed by atoms with E-state index in [0.717, 1.165) is 12.1 Å². The average molecular weight is 273 g/mol. The summed E-state index contributed by atoms with van der Waals surface area (Å²) in [6.45, 7) is 0. The predicted molar refractivity (Wildman–Crippen MR) is 63.0 cm³/mol. The van der Waals surface area contributed by atoms with Crippen LogP contribution < -0.4 is 4.74 Å². The fourth-order valence-corrected chi connectivity index (χ4v) is 1.53. The highest BCUT2D eigenvalue weighted by Gasteiger charge is 2.31. The van der Waals surface area contributed by atoms with Crippen molar-refractivity contribution in [3.63, 3.8) is 0 Å². The van der Waals surface area contributed by atoms with Crippen LogP contribution in [0.15, 0.2) is 48.5 Å². The van der Waals surface area contributed by atoms with Crippen LogP contribution in [-0.4, -0.2) is 0 Å². The highest BCUT2D eigenvalue weighted by molar-refractivity contribution is 6.32. The highest BCUT2D eigenvalue weighted by Crippen LogP contribution is 2.36. The molecular formula is C13H8ClF3O. The monoisotopic (exact) mass is 272 g/mol. The molecule has 2 aromatic rings. The van der Waals surface area contributed by atoms with Crippen molar-refractivity contribution in [2.75, 3.05) is 0 Å². The first kappa shape index (κ1) is 12.8. The van der Waals surface area contributed by atoms with E-state index < -0.39 is 11.7 Å². The Labute approximate surface area is 107 Å². The molecule has 1 nitrogen and oxygen atoms in total. The second-order valence-electron chi connectivity index (χ2n) is 3.56. The molecule has 0 unspecified atom stereocenters. The van der Waals surface area contributed by atoms with Crippen molar-refractivity contribution in [1.82, 2.24) is 0 Å². The van der Waals surface area contributed by atoms with Crippen LogP contribution in [0.4, 0.5) is 13.2 Å². The van der Waals surface area contributed by atoms with Crippen LogP contribution in [0.5, 0.6) is 11.5 Å². The van der Waals surface area contributed by atoms with Gasteiger partial charge in [-0.2, -0.15) is 13.2 Å². The van der Waals surface area contributed by atoms with Gasteiger partial charge in [0.1, 0.15) is 11.5 Å². The Bertz CT molecular complexity index is 538. The van der Waals surface area contributed by atoms with E-state index in [1.54, 1.807) is 30.3 Å². The maximum Gasteiger partial charge on any atom is 0.416 e. The molecule has 0 amide bonds. The molecule has 5 heteroatoms. The van der Waals surface area contributed by atoms with Crippen molar-refractivity contribution in [3.05, 3.63) is 59.1 Å². The van der Waals surface area contributed by atoms with E-state index in [1.165, 1.54) is 6.07 Å². The molecule has 94 valence electrons. The van der Waals surface area contributed by atoms with Gasteiger partial charge in [-0.25, -0.2) is 0 Å². The molecule has 0 aromatic heterocycles. The van der Waals surface area contributed by atoms with Gasteiger partial charge in [-0.05, 0) is 30.3 Å². The van der Waals surface area contributed by atoms with Crippen molar-refractivity contribution in [2.24, 2.45) is 0 Å². The van der Waals surface area contributed by atoms with Gasteiger partial charge in [0.2, 0.25) is 0 Å². The van der Waals surface area contributed by atoms with E-state index in [9.17, 15) is 13.2 Å². The van der Waals surface area contributed by atoms with E-state index in [0.29, 0.717) is 5.75 Å². The van der Waals surface area contributed by atoms with Gasteiger partial charge < -0.3 is 4.74 Å². The quantitative estimate of drug-likeness (QED) is 0.734. The third-order valence-corrected chi connectivity index (χ3v) is 2.54. The molecule has 0 heterocycles. The molecule has 18 heavy (non-hydrogen) atoms. The van der Waals surface area contributed by atoms with Crippen molar-refractivity contribution >= 4 is 11.6 Å². The second-order valence-corrected chi connectivity index (χ2v) is 3.97. The largest absolute Gasteiger partial charge is 0.456 e. The molecule has 0 atom stereocenters. The number of hydrogen-bond donors (Lipinski definition) is 0. The molecule has 0 fully saturated rings. The first-order valence-corrected chi connectivity index (χ1v) is 5.44. The molecule has 2 aromatic carbocycles. The minimum atomic E-state index is -4.42. The number of benzene rings is 2. The number of para-hydroxylation sites is 1. The summed E-state index contributed by atoms with van der Waals surface area (Å²) in [5.41, 5.74) is -0.794. The Morgan fingerprint density at radius 2 is 1.61 bits per heavy atom. The molecule has 0 saturated carbocycles. The number of rotatable bonds is 2. The van der Waals surface area contributed by atoms with Gasteiger partial charge in [0.05, 0.1) is 10.6 Å². The Morgan fingerprint density at radius 1 is 0.944 bits per heavy atom. The third-order valence-electron chi connectivity index (χ3n) is 2.23. The first-order chi connectivity index (χ1) is 8.47. The second kappa shape index (κ2) is 4.90. The lowest BCUT2D eigenvalue weighted by Crippen LogP contribution is -2.04. The van der Waals surface area contributed by atoms with Gasteiger partial charge in [0, 0.05) is 0 Å². The molecule has 0 aliphatic carbocycles. The van der Waals surface area contributed by atoms with Crippen LogP contribution in [-0.2, 0) is 6.18 Å². The van der Waals surface area contributed by atoms with Crippen LogP contribution in [0, 0.1) is 0 Å². The van der Waals surface area contributed by atoms with Crippen LogP contribution >= 0.6 is 11.6 Å². The normalized spacial score (nSPS) is 11.3. The zero-order chi connectivity index (χ0) is 13.2. The number of alkyl halides is 3. The number of halogens is 4. The molecule has 2 rings (SSSR count). The summed E-state index contributed by atoms with van der Waals surface area (Å²) in [6.07, 6.45) is -4.42. The lowest BCUT2D eigenvalue weighted by Gasteiger charge is -2.11. The van der Waals surface area contributed by atoms with Gasteiger partial charge in [-0.3, -0.25) is 0 Å². The minimum Gasteiger partial charge on any atom is -0.456 e. The van der Waals surface area contributed by atoms with Crippen molar-refractivity contribution in [1.29, 1.82) is 0 Å². The summed E-state index contributed by atoms with van der Waals surface area (Å²) in [5, 5.41) is 0.131. The van der Waals surface area contributed by atoms with E-state index in [1.807, 2.05) is 0 Å². The summed E-state index contributed by atoms with van der Waals surface area (Å²) in [5.74, 6) is 0.413. The highest BCUT2D eigenvalue weighted by atomic mass is 35.5. The summed E-state index contributed by atoms with van der Waals surface area (Å²) < 4.78 is 42.9. The lowest BCUT2D eigenvalue weighted by molar-refractivity contribution is -0.137. The van der Waals surface area contributed by atoms with Crippen molar-refractivity contribution in [3.8, 4) is 11.5 Å². The maximum absolute atomic E-state index is 12.5. The fourth-order valence-electron chi connectivity index (χ4n) is 1.37. The van der Waals surface area contributed by atoms with Crippen molar-refractivity contribution in [2.45, 2.75) is 6.18 Å². The molecule has 0 N–H and O–H groups in total. The SMILES string of the molecule is FC(F)(F)c1ccc(Cl)c(Oc2ccccc2)c1. The van der Waals surface area contributed by atoms with Crippen LogP contribution in [0.25, 0.3) is 0 Å². The molecular weight excluding hydrogens is 265 g/mol. The molecule has 0 saturated heterocycles. The average Bonchev–Trinajstić information content (AvgIpc) is 2.32. The molecule has 0 aliphatic heterocycles. The summed E-state index contributed by atoms with van der Waals surface area (Å²) in [4.78, 5) is 0. The van der Waals surface area contributed by atoms with Gasteiger partial charge in [0.15, 0.2) is 0 Å². The predicted octanol–water partition coefficient (Wildman–Crippen LogP) is 5.15. The van der Waals surface area contributed by atoms with E-state index in [4.69, 9.17) is 16.3 Å². The Morgan fingerprint density at radius 3 is 2.22 bits per heavy atom. The third kappa shape index (κ3) is 2.96. The Kier molecular flexibility index (Phi) is 3.48. The van der Waals surface area contributed by atoms with Gasteiger partial charge in [0.25, 0.3) is 0 Å². The summed E-state index contributed by atoms with van der Waals surface area (Å²) in [6, 6.07) is 11.5. The van der Waals surface area contributed by atoms with Gasteiger partial charge in [-0.15, -0.1) is 0 Å². The van der Waals surface area contributed by atoms with Crippen molar-refractivity contribution < 1.29 is 17.9 Å². The first-order valence-electron chi connectivity index (χ1n) is 5.06. The maximum atomic E-state index is 12.5.